The standard InChI is InChI=1S/C20H25N5O2/c1-15-23-20(27-24-15)19(18-7-9-26-10-8-18)21-11-17-12-22-25(14-17)13-16-5-3-2-4-6-16/h2-6,12,14,18-19,21H,7-11,13H2,1H3/t19-/m1/s1. The fourth-order valence-corrected chi connectivity index (χ4v) is 3.53. The van der Waals surface area contributed by atoms with Gasteiger partial charge in [-0.2, -0.15) is 10.1 Å². The molecular formula is C20H25N5O2. The molecule has 7 nitrogen and oxygen atoms in total. The third-order valence-electron chi connectivity index (χ3n) is 4.95. The average Bonchev–Trinajstić information content (AvgIpc) is 3.33. The van der Waals surface area contributed by atoms with Gasteiger partial charge in [-0.1, -0.05) is 35.5 Å². The number of aryl methyl sites for hydroxylation is 1. The number of hydrogen-bond donors (Lipinski definition) is 1. The van der Waals surface area contributed by atoms with E-state index >= 15 is 0 Å². The minimum absolute atomic E-state index is 0.0348. The Hall–Kier alpha value is -2.51. The molecule has 4 rings (SSSR count). The molecule has 3 aromatic rings. The summed E-state index contributed by atoms with van der Waals surface area (Å²) in [7, 11) is 0. The predicted molar refractivity (Wildman–Crippen MR) is 99.9 cm³/mol. The Labute approximate surface area is 158 Å². The monoisotopic (exact) mass is 367 g/mol. The van der Waals surface area contributed by atoms with Gasteiger partial charge in [0.15, 0.2) is 5.82 Å². The summed E-state index contributed by atoms with van der Waals surface area (Å²) in [6.45, 7) is 4.89. The summed E-state index contributed by atoms with van der Waals surface area (Å²) in [5.74, 6) is 1.76. The third-order valence-corrected chi connectivity index (χ3v) is 4.95. The Morgan fingerprint density at radius 3 is 2.74 bits per heavy atom. The smallest absolute Gasteiger partial charge is 0.244 e. The molecule has 2 aromatic heterocycles. The third kappa shape index (κ3) is 4.61. The molecule has 0 unspecified atom stereocenters. The van der Waals surface area contributed by atoms with E-state index in [0.29, 0.717) is 24.2 Å². The van der Waals surface area contributed by atoms with E-state index in [1.807, 2.05) is 36.0 Å². The van der Waals surface area contributed by atoms with Gasteiger partial charge in [0.25, 0.3) is 0 Å². The molecule has 1 atom stereocenters. The average molecular weight is 367 g/mol. The van der Waals surface area contributed by atoms with E-state index in [0.717, 1.165) is 38.2 Å². The maximum absolute atomic E-state index is 5.51. The molecule has 1 aliphatic heterocycles. The Kier molecular flexibility index (Phi) is 5.60. The number of benzene rings is 1. The summed E-state index contributed by atoms with van der Waals surface area (Å²) in [5, 5.41) is 12.1. The van der Waals surface area contributed by atoms with Crippen LogP contribution in [-0.2, 0) is 17.8 Å². The molecule has 0 amide bonds. The van der Waals surface area contributed by atoms with E-state index in [9.17, 15) is 0 Å². The highest BCUT2D eigenvalue weighted by Gasteiger charge is 2.29. The molecular weight excluding hydrogens is 342 g/mol. The number of aromatic nitrogens is 4. The van der Waals surface area contributed by atoms with Gasteiger partial charge in [-0.25, -0.2) is 0 Å². The highest BCUT2D eigenvalue weighted by atomic mass is 16.5. The van der Waals surface area contributed by atoms with E-state index in [1.165, 1.54) is 5.56 Å². The predicted octanol–water partition coefficient (Wildman–Crippen LogP) is 2.88. The van der Waals surface area contributed by atoms with E-state index in [2.05, 4.69) is 38.9 Å². The summed E-state index contributed by atoms with van der Waals surface area (Å²) >= 11 is 0. The van der Waals surface area contributed by atoms with Gasteiger partial charge in [-0.15, -0.1) is 0 Å². The zero-order valence-electron chi connectivity index (χ0n) is 15.5. The van der Waals surface area contributed by atoms with Crippen LogP contribution in [-0.4, -0.2) is 33.1 Å². The number of rotatable bonds is 7. The summed E-state index contributed by atoms with van der Waals surface area (Å²) in [5.41, 5.74) is 2.38. The van der Waals surface area contributed by atoms with Crippen LogP contribution in [0.2, 0.25) is 0 Å². The second-order valence-electron chi connectivity index (χ2n) is 7.02. The van der Waals surface area contributed by atoms with Gasteiger partial charge in [0.2, 0.25) is 5.89 Å². The van der Waals surface area contributed by atoms with Crippen molar-refractivity contribution < 1.29 is 9.26 Å². The van der Waals surface area contributed by atoms with Gasteiger partial charge in [-0.3, -0.25) is 4.68 Å². The van der Waals surface area contributed by atoms with Gasteiger partial charge in [0, 0.05) is 31.5 Å². The van der Waals surface area contributed by atoms with Crippen molar-refractivity contribution in [3.63, 3.8) is 0 Å². The van der Waals surface area contributed by atoms with E-state index in [4.69, 9.17) is 9.26 Å². The normalized spacial score (nSPS) is 16.5. The van der Waals surface area contributed by atoms with Crippen LogP contribution in [0.3, 0.4) is 0 Å². The molecule has 7 heteroatoms. The zero-order chi connectivity index (χ0) is 18.5. The van der Waals surface area contributed by atoms with Crippen LogP contribution in [0.1, 0.15) is 41.7 Å². The van der Waals surface area contributed by atoms with Crippen LogP contribution in [0, 0.1) is 12.8 Å². The van der Waals surface area contributed by atoms with Crippen LogP contribution in [0.4, 0.5) is 0 Å². The Morgan fingerprint density at radius 1 is 1.19 bits per heavy atom. The number of nitrogens with zero attached hydrogens (tertiary/aromatic N) is 4. The van der Waals surface area contributed by atoms with Crippen LogP contribution in [0.15, 0.2) is 47.2 Å². The molecule has 27 heavy (non-hydrogen) atoms. The molecule has 142 valence electrons. The summed E-state index contributed by atoms with van der Waals surface area (Å²) in [6, 6.07) is 10.4. The lowest BCUT2D eigenvalue weighted by molar-refractivity contribution is 0.0485. The van der Waals surface area contributed by atoms with Crippen molar-refractivity contribution in [2.45, 2.75) is 38.9 Å². The lowest BCUT2D eigenvalue weighted by atomic mass is 9.91. The first kappa shape index (κ1) is 17.9. The van der Waals surface area contributed by atoms with Crippen molar-refractivity contribution in [2.75, 3.05) is 13.2 Å². The minimum atomic E-state index is 0.0348. The number of hydrogen-bond acceptors (Lipinski definition) is 6. The van der Waals surface area contributed by atoms with Gasteiger partial charge >= 0.3 is 0 Å². The lowest BCUT2D eigenvalue weighted by Crippen LogP contribution is -2.32. The number of ether oxygens (including phenoxy) is 1. The summed E-state index contributed by atoms with van der Waals surface area (Å²) in [4.78, 5) is 4.46. The quantitative estimate of drug-likeness (QED) is 0.692. The summed E-state index contributed by atoms with van der Waals surface area (Å²) in [6.07, 6.45) is 5.98. The van der Waals surface area contributed by atoms with Crippen LogP contribution in [0.25, 0.3) is 0 Å². The molecule has 0 aliphatic carbocycles. The Bertz CT molecular complexity index is 839. The molecule has 0 bridgehead atoms. The van der Waals surface area contributed by atoms with Crippen LogP contribution in [0.5, 0.6) is 0 Å². The lowest BCUT2D eigenvalue weighted by Gasteiger charge is -2.28. The molecule has 1 N–H and O–H groups in total. The first-order valence-corrected chi connectivity index (χ1v) is 9.44. The fraction of sp³-hybridized carbons (Fsp3) is 0.450. The topological polar surface area (TPSA) is 78.0 Å². The molecule has 0 spiro atoms. The molecule has 0 saturated carbocycles. The highest BCUT2D eigenvalue weighted by molar-refractivity contribution is 5.15. The van der Waals surface area contributed by atoms with Crippen molar-refractivity contribution in [3.05, 3.63) is 65.6 Å². The first-order valence-electron chi connectivity index (χ1n) is 9.44. The fourth-order valence-electron chi connectivity index (χ4n) is 3.53. The van der Waals surface area contributed by atoms with Gasteiger partial charge in [-0.05, 0) is 31.2 Å². The van der Waals surface area contributed by atoms with Gasteiger partial charge in [0.05, 0.1) is 18.8 Å². The molecule has 0 radical (unpaired) electrons. The van der Waals surface area contributed by atoms with E-state index in [1.54, 1.807) is 0 Å². The Morgan fingerprint density at radius 2 is 2.00 bits per heavy atom. The van der Waals surface area contributed by atoms with E-state index in [-0.39, 0.29) is 6.04 Å². The molecule has 1 aromatic carbocycles. The molecule has 1 fully saturated rings. The van der Waals surface area contributed by atoms with Gasteiger partial charge in [0.1, 0.15) is 0 Å². The van der Waals surface area contributed by atoms with Crippen molar-refractivity contribution >= 4 is 0 Å². The SMILES string of the molecule is Cc1noc([C@H](NCc2cnn(Cc3ccccc3)c2)C2CCOCC2)n1. The molecule has 1 aliphatic rings. The summed E-state index contributed by atoms with van der Waals surface area (Å²) < 4.78 is 12.9. The van der Waals surface area contributed by atoms with Gasteiger partial charge < -0.3 is 14.6 Å². The van der Waals surface area contributed by atoms with Crippen molar-refractivity contribution in [2.24, 2.45) is 5.92 Å². The zero-order valence-corrected chi connectivity index (χ0v) is 15.5. The maximum atomic E-state index is 5.51. The van der Waals surface area contributed by atoms with Crippen molar-refractivity contribution in [1.29, 1.82) is 0 Å². The molecule has 3 heterocycles. The highest BCUT2D eigenvalue weighted by Crippen LogP contribution is 2.29. The molecule has 1 saturated heterocycles. The second kappa shape index (κ2) is 8.45. The second-order valence-corrected chi connectivity index (χ2v) is 7.02. The van der Waals surface area contributed by atoms with E-state index < -0.39 is 0 Å². The van der Waals surface area contributed by atoms with Crippen molar-refractivity contribution in [1.82, 2.24) is 25.2 Å². The largest absolute Gasteiger partial charge is 0.381 e. The van der Waals surface area contributed by atoms with Crippen LogP contribution < -0.4 is 5.32 Å². The number of nitrogens with one attached hydrogen (secondary N) is 1. The Balaban J connectivity index is 1.41. The van der Waals surface area contributed by atoms with Crippen LogP contribution >= 0.6 is 0 Å². The maximum Gasteiger partial charge on any atom is 0.244 e. The first-order chi connectivity index (χ1) is 13.3. The minimum Gasteiger partial charge on any atom is -0.381 e. The van der Waals surface area contributed by atoms with Crippen molar-refractivity contribution in [3.8, 4) is 0 Å².